The summed E-state index contributed by atoms with van der Waals surface area (Å²) in [6.45, 7) is 3.48. The molecule has 1 aromatic carbocycles. The highest BCUT2D eigenvalue weighted by molar-refractivity contribution is 6.06. The smallest absolute Gasteiger partial charge is 0.254 e. The standard InChI is InChI=1S/C16H19N3O2/c1-11-10-21-12(8-17)9-19(11)16(20)14-4-2-6-15-13(14)5-3-7-18-15/h2-7,11-12H,8-10,17H2,1H3. The lowest BCUT2D eigenvalue weighted by Crippen LogP contribution is -2.52. The van der Waals surface area contributed by atoms with Crippen molar-refractivity contribution < 1.29 is 9.53 Å². The predicted molar refractivity (Wildman–Crippen MR) is 81.0 cm³/mol. The van der Waals surface area contributed by atoms with Crippen molar-refractivity contribution in [1.29, 1.82) is 0 Å². The maximum absolute atomic E-state index is 12.9. The summed E-state index contributed by atoms with van der Waals surface area (Å²) < 4.78 is 5.61. The molecule has 5 heteroatoms. The van der Waals surface area contributed by atoms with Crippen molar-refractivity contribution in [2.24, 2.45) is 5.73 Å². The van der Waals surface area contributed by atoms with Crippen molar-refractivity contribution in [3.8, 4) is 0 Å². The van der Waals surface area contributed by atoms with Crippen molar-refractivity contribution in [3.05, 3.63) is 42.1 Å². The number of fused-ring (bicyclic) bond motifs is 1. The van der Waals surface area contributed by atoms with E-state index in [0.29, 0.717) is 25.3 Å². The number of aromatic nitrogens is 1. The Kier molecular flexibility index (Phi) is 3.86. The summed E-state index contributed by atoms with van der Waals surface area (Å²) >= 11 is 0. The van der Waals surface area contributed by atoms with Gasteiger partial charge in [-0.15, -0.1) is 0 Å². The van der Waals surface area contributed by atoms with Crippen LogP contribution in [0.25, 0.3) is 10.9 Å². The summed E-state index contributed by atoms with van der Waals surface area (Å²) in [4.78, 5) is 19.0. The molecule has 2 heterocycles. The Hall–Kier alpha value is -1.98. The van der Waals surface area contributed by atoms with E-state index in [0.717, 1.165) is 10.9 Å². The van der Waals surface area contributed by atoms with E-state index < -0.39 is 0 Å². The maximum Gasteiger partial charge on any atom is 0.254 e. The zero-order valence-electron chi connectivity index (χ0n) is 12.0. The van der Waals surface area contributed by atoms with Crippen molar-refractivity contribution in [1.82, 2.24) is 9.88 Å². The second-order valence-corrected chi connectivity index (χ2v) is 5.37. The first-order valence-corrected chi connectivity index (χ1v) is 7.17. The van der Waals surface area contributed by atoms with Gasteiger partial charge in [0.2, 0.25) is 0 Å². The number of nitrogens with two attached hydrogens (primary N) is 1. The number of carbonyl (C=O) groups excluding carboxylic acids is 1. The van der Waals surface area contributed by atoms with Crippen LogP contribution < -0.4 is 5.73 Å². The third-order valence-corrected chi connectivity index (χ3v) is 3.91. The molecule has 1 aromatic heterocycles. The highest BCUT2D eigenvalue weighted by Gasteiger charge is 2.30. The number of hydrogen-bond acceptors (Lipinski definition) is 4. The number of rotatable bonds is 2. The Labute approximate surface area is 123 Å². The number of morpholine rings is 1. The lowest BCUT2D eigenvalue weighted by atomic mass is 10.1. The predicted octanol–water partition coefficient (Wildman–Crippen LogP) is 1.42. The zero-order chi connectivity index (χ0) is 14.8. The molecule has 1 amide bonds. The topological polar surface area (TPSA) is 68.5 Å². The van der Waals surface area contributed by atoms with E-state index in [1.54, 1.807) is 6.20 Å². The largest absolute Gasteiger partial charge is 0.373 e. The van der Waals surface area contributed by atoms with Crippen LogP contribution in [0.3, 0.4) is 0 Å². The van der Waals surface area contributed by atoms with E-state index in [4.69, 9.17) is 10.5 Å². The number of hydrogen-bond donors (Lipinski definition) is 1. The highest BCUT2D eigenvalue weighted by Crippen LogP contribution is 2.21. The Morgan fingerprint density at radius 2 is 2.29 bits per heavy atom. The fraction of sp³-hybridized carbons (Fsp3) is 0.375. The van der Waals surface area contributed by atoms with Crippen LogP contribution in [0.5, 0.6) is 0 Å². The molecule has 0 saturated carbocycles. The molecule has 2 aromatic rings. The van der Waals surface area contributed by atoms with Gasteiger partial charge >= 0.3 is 0 Å². The maximum atomic E-state index is 12.9. The van der Waals surface area contributed by atoms with Gasteiger partial charge in [0.15, 0.2) is 0 Å². The molecule has 2 unspecified atom stereocenters. The van der Waals surface area contributed by atoms with Crippen LogP contribution in [0.1, 0.15) is 17.3 Å². The van der Waals surface area contributed by atoms with Crippen LogP contribution in [-0.2, 0) is 4.74 Å². The molecule has 0 bridgehead atoms. The minimum Gasteiger partial charge on any atom is -0.373 e. The van der Waals surface area contributed by atoms with E-state index in [2.05, 4.69) is 4.98 Å². The molecule has 2 N–H and O–H groups in total. The SMILES string of the molecule is CC1COC(CN)CN1C(=O)c1cccc2ncccc12. The van der Waals surface area contributed by atoms with Gasteiger partial charge in [0.05, 0.1) is 24.3 Å². The van der Waals surface area contributed by atoms with Gasteiger partial charge < -0.3 is 15.4 Å². The van der Waals surface area contributed by atoms with Crippen LogP contribution in [0.2, 0.25) is 0 Å². The summed E-state index contributed by atoms with van der Waals surface area (Å²) in [6.07, 6.45) is 1.65. The van der Waals surface area contributed by atoms with Gasteiger partial charge in [-0.3, -0.25) is 9.78 Å². The molecule has 2 atom stereocenters. The quantitative estimate of drug-likeness (QED) is 0.906. The summed E-state index contributed by atoms with van der Waals surface area (Å²) in [5, 5.41) is 0.882. The molecule has 110 valence electrons. The van der Waals surface area contributed by atoms with Crippen LogP contribution in [-0.4, -0.2) is 47.6 Å². The number of pyridine rings is 1. The first-order valence-electron chi connectivity index (χ1n) is 7.17. The third kappa shape index (κ3) is 2.62. The van der Waals surface area contributed by atoms with Crippen molar-refractivity contribution in [3.63, 3.8) is 0 Å². The van der Waals surface area contributed by atoms with Gasteiger partial charge in [0.25, 0.3) is 5.91 Å². The van der Waals surface area contributed by atoms with Crippen LogP contribution in [0.4, 0.5) is 0 Å². The molecule has 3 rings (SSSR count). The summed E-state index contributed by atoms with van der Waals surface area (Å²) in [6, 6.07) is 9.47. The first kappa shape index (κ1) is 14.0. The van der Waals surface area contributed by atoms with Crippen LogP contribution in [0.15, 0.2) is 36.5 Å². The summed E-state index contributed by atoms with van der Waals surface area (Å²) in [5.41, 5.74) is 7.19. The molecule has 1 aliphatic heterocycles. The van der Waals surface area contributed by atoms with Gasteiger partial charge in [0.1, 0.15) is 0 Å². The molecule has 1 aliphatic rings. The average molecular weight is 285 g/mol. The minimum atomic E-state index is -0.0850. The monoisotopic (exact) mass is 285 g/mol. The van der Waals surface area contributed by atoms with Crippen LogP contribution >= 0.6 is 0 Å². The summed E-state index contributed by atoms with van der Waals surface area (Å²) in [7, 11) is 0. The fourth-order valence-electron chi connectivity index (χ4n) is 2.69. The van der Waals surface area contributed by atoms with Crippen molar-refractivity contribution >= 4 is 16.8 Å². The third-order valence-electron chi connectivity index (χ3n) is 3.91. The molecule has 1 fully saturated rings. The van der Waals surface area contributed by atoms with Gasteiger partial charge in [-0.1, -0.05) is 12.1 Å². The van der Waals surface area contributed by atoms with E-state index >= 15 is 0 Å². The second-order valence-electron chi connectivity index (χ2n) is 5.37. The molecular weight excluding hydrogens is 266 g/mol. The molecule has 0 radical (unpaired) electrons. The number of nitrogens with zero attached hydrogens (tertiary/aromatic N) is 2. The second kappa shape index (κ2) is 5.79. The lowest BCUT2D eigenvalue weighted by Gasteiger charge is -2.37. The number of carbonyl (C=O) groups is 1. The first-order chi connectivity index (χ1) is 10.2. The molecule has 0 spiro atoms. The molecule has 21 heavy (non-hydrogen) atoms. The Bertz CT molecular complexity index is 654. The van der Waals surface area contributed by atoms with E-state index in [1.807, 2.05) is 42.2 Å². The summed E-state index contributed by atoms with van der Waals surface area (Å²) in [5.74, 6) is 0.0165. The van der Waals surface area contributed by atoms with Gasteiger partial charge in [-0.25, -0.2) is 0 Å². The Morgan fingerprint density at radius 3 is 3.10 bits per heavy atom. The van der Waals surface area contributed by atoms with E-state index in [1.165, 1.54) is 0 Å². The molecular formula is C16H19N3O2. The number of amides is 1. The van der Waals surface area contributed by atoms with Crippen molar-refractivity contribution in [2.75, 3.05) is 19.7 Å². The molecule has 1 saturated heterocycles. The zero-order valence-corrected chi connectivity index (χ0v) is 12.0. The van der Waals surface area contributed by atoms with E-state index in [9.17, 15) is 4.79 Å². The minimum absolute atomic E-state index is 0.0165. The van der Waals surface area contributed by atoms with Crippen molar-refractivity contribution in [2.45, 2.75) is 19.1 Å². The highest BCUT2D eigenvalue weighted by atomic mass is 16.5. The van der Waals surface area contributed by atoms with Gasteiger partial charge in [-0.05, 0) is 25.1 Å². The number of benzene rings is 1. The van der Waals surface area contributed by atoms with E-state index in [-0.39, 0.29) is 18.1 Å². The number of ether oxygens (including phenoxy) is 1. The lowest BCUT2D eigenvalue weighted by molar-refractivity contribution is -0.0425. The van der Waals surface area contributed by atoms with Crippen LogP contribution in [0, 0.1) is 0 Å². The Morgan fingerprint density at radius 1 is 1.43 bits per heavy atom. The molecule has 5 nitrogen and oxygen atoms in total. The Balaban J connectivity index is 1.96. The normalized spacial score (nSPS) is 22.5. The van der Waals surface area contributed by atoms with Gasteiger partial charge in [0, 0.05) is 30.2 Å². The fourth-order valence-corrected chi connectivity index (χ4v) is 2.69. The molecule has 0 aliphatic carbocycles. The average Bonchev–Trinajstić information content (AvgIpc) is 2.54. The van der Waals surface area contributed by atoms with Gasteiger partial charge in [-0.2, -0.15) is 0 Å².